The van der Waals surface area contributed by atoms with Gasteiger partial charge in [-0.05, 0) is 0 Å². The SMILES string of the molecule is CCC[CH2][Sn+]=[O].O=C([O-])C(F)(F)F. The molecule has 0 aromatic heterocycles. The molecule has 0 aromatic rings. The van der Waals surface area contributed by atoms with E-state index >= 15 is 0 Å². The Kier molecular flexibility index (Phi) is 9.98. The second-order valence-corrected chi connectivity index (χ2v) is 4.28. The van der Waals surface area contributed by atoms with Gasteiger partial charge < -0.3 is 9.90 Å². The minimum Gasteiger partial charge on any atom is -0.542 e. The maximum absolute atomic E-state index is 10.5. The summed E-state index contributed by atoms with van der Waals surface area (Å²) in [6.45, 7) is 2.12. The van der Waals surface area contributed by atoms with Crippen molar-refractivity contribution >= 4 is 27.1 Å². The minimum atomic E-state index is -5.19. The van der Waals surface area contributed by atoms with E-state index in [0.717, 1.165) is 4.44 Å². The molecule has 76 valence electrons. The number of unbranched alkanes of at least 4 members (excludes halogenated alkanes) is 1. The van der Waals surface area contributed by atoms with Gasteiger partial charge in [0.2, 0.25) is 0 Å². The van der Waals surface area contributed by atoms with Crippen molar-refractivity contribution in [2.75, 3.05) is 0 Å². The molecule has 0 aliphatic heterocycles. The molecule has 0 N–H and O–H groups in total. The van der Waals surface area contributed by atoms with E-state index in [1.165, 1.54) is 12.8 Å². The summed E-state index contributed by atoms with van der Waals surface area (Å²) >= 11 is -1.06. The standard InChI is InChI=1S/C4H9.C2HF3O2.O.Sn/c1-3-4-2;3-2(4,5)1(6)7;;/h1,3-4H2,2H3;(H,6,7);;/q;;;+1/p-1. The summed E-state index contributed by atoms with van der Waals surface area (Å²) in [6, 6.07) is 0. The summed E-state index contributed by atoms with van der Waals surface area (Å²) in [5.41, 5.74) is 0. The van der Waals surface area contributed by atoms with E-state index in [2.05, 4.69) is 6.92 Å². The first-order valence-electron chi connectivity index (χ1n) is 3.49. The van der Waals surface area contributed by atoms with Gasteiger partial charge in [-0.15, -0.1) is 0 Å². The number of rotatable bonds is 3. The summed E-state index contributed by atoms with van der Waals surface area (Å²) in [6.07, 6.45) is -2.82. The van der Waals surface area contributed by atoms with E-state index in [-0.39, 0.29) is 0 Å². The van der Waals surface area contributed by atoms with Gasteiger partial charge in [0.25, 0.3) is 0 Å². The van der Waals surface area contributed by atoms with E-state index in [1.807, 2.05) is 0 Å². The van der Waals surface area contributed by atoms with Crippen LogP contribution in [0.3, 0.4) is 0 Å². The molecule has 0 saturated heterocycles. The summed E-state index contributed by atoms with van der Waals surface area (Å²) in [4.78, 5) is 8.78. The third-order valence-electron chi connectivity index (χ3n) is 0.864. The van der Waals surface area contributed by atoms with Crippen LogP contribution >= 0.6 is 0 Å². The number of hydrogen-bond donors (Lipinski definition) is 0. The predicted molar refractivity (Wildman–Crippen MR) is 37.2 cm³/mol. The number of hydrogen-bond acceptors (Lipinski definition) is 3. The molecule has 0 rings (SSSR count). The zero-order chi connectivity index (χ0) is 10.9. The first-order chi connectivity index (χ1) is 5.86. The molecule has 0 bridgehead atoms. The van der Waals surface area contributed by atoms with Gasteiger partial charge >= 0.3 is 54.6 Å². The molecule has 0 spiro atoms. The van der Waals surface area contributed by atoms with E-state index in [9.17, 15) is 16.2 Å². The summed E-state index contributed by atoms with van der Waals surface area (Å²) < 4.78 is 42.4. The maximum atomic E-state index is 10.5. The van der Waals surface area contributed by atoms with Gasteiger partial charge in [0.15, 0.2) is 0 Å². The van der Waals surface area contributed by atoms with Gasteiger partial charge in [-0.3, -0.25) is 0 Å². The van der Waals surface area contributed by atoms with Crippen molar-refractivity contribution in [3.05, 3.63) is 0 Å². The molecule has 0 aliphatic carbocycles. The Morgan fingerprint density at radius 1 is 1.46 bits per heavy atom. The Morgan fingerprint density at radius 2 is 1.85 bits per heavy atom. The van der Waals surface area contributed by atoms with Crippen LogP contribution in [0.4, 0.5) is 13.2 Å². The second-order valence-electron chi connectivity index (χ2n) is 2.03. The largest absolute Gasteiger partial charge is 0.542 e. The Hall–Kier alpha value is -0.141. The van der Waals surface area contributed by atoms with Crippen LogP contribution < -0.4 is 5.11 Å². The normalized spacial score (nSPS) is 9.54. The molecular weight excluding hydrogens is 296 g/mol. The summed E-state index contributed by atoms with van der Waals surface area (Å²) in [5.74, 6) is -3.01. The first-order valence-corrected chi connectivity index (χ1v) is 6.67. The quantitative estimate of drug-likeness (QED) is 0.565. The molecule has 0 radical (unpaired) electrons. The van der Waals surface area contributed by atoms with Crippen LogP contribution in [0.25, 0.3) is 0 Å². The van der Waals surface area contributed by atoms with Crippen LogP contribution in [0.15, 0.2) is 0 Å². The second kappa shape index (κ2) is 8.46. The Bertz CT molecular complexity index is 158. The monoisotopic (exact) mass is 306 g/mol. The Morgan fingerprint density at radius 3 is 1.92 bits per heavy atom. The summed E-state index contributed by atoms with van der Waals surface area (Å²) in [7, 11) is 0. The van der Waals surface area contributed by atoms with E-state index < -0.39 is 33.3 Å². The molecule has 0 saturated carbocycles. The molecule has 0 fully saturated rings. The van der Waals surface area contributed by atoms with Gasteiger partial charge in [0, 0.05) is 0 Å². The van der Waals surface area contributed by atoms with E-state index in [1.54, 1.807) is 0 Å². The van der Waals surface area contributed by atoms with Gasteiger partial charge in [-0.2, -0.15) is 13.2 Å². The number of aliphatic carboxylic acids is 1. The van der Waals surface area contributed by atoms with Crippen LogP contribution in [0.1, 0.15) is 19.8 Å². The van der Waals surface area contributed by atoms with Crippen LogP contribution in [-0.4, -0.2) is 33.3 Å². The molecule has 7 heteroatoms. The predicted octanol–water partition coefficient (Wildman–Crippen LogP) is 0.553. The Labute approximate surface area is 83.9 Å². The third kappa shape index (κ3) is 14.7. The molecule has 0 unspecified atom stereocenters. The molecular formula is C6H9F3O3Sn. The smallest absolute Gasteiger partial charge is 0.430 e. The number of carboxylic acids is 1. The van der Waals surface area contributed by atoms with Crippen molar-refractivity contribution in [3.63, 3.8) is 0 Å². The number of halogens is 3. The van der Waals surface area contributed by atoms with Crippen molar-refractivity contribution in [2.24, 2.45) is 0 Å². The van der Waals surface area contributed by atoms with Crippen molar-refractivity contribution in [2.45, 2.75) is 30.4 Å². The molecule has 0 aromatic carbocycles. The first kappa shape index (κ1) is 15.3. The molecule has 0 heterocycles. The summed E-state index contributed by atoms with van der Waals surface area (Å²) in [5, 5.41) is 8.78. The molecule has 3 nitrogen and oxygen atoms in total. The topological polar surface area (TPSA) is 57.2 Å². The number of carboxylic acid groups (broad SMARTS) is 1. The van der Waals surface area contributed by atoms with Gasteiger partial charge in [-0.1, -0.05) is 0 Å². The average molecular weight is 305 g/mol. The van der Waals surface area contributed by atoms with Crippen LogP contribution in [-0.2, 0) is 7.87 Å². The number of alkyl halides is 3. The minimum absolute atomic E-state index is 1.03. The zero-order valence-electron chi connectivity index (χ0n) is 6.98. The molecule has 13 heavy (non-hydrogen) atoms. The van der Waals surface area contributed by atoms with Crippen LogP contribution in [0.5, 0.6) is 0 Å². The van der Waals surface area contributed by atoms with Crippen LogP contribution in [0, 0.1) is 0 Å². The van der Waals surface area contributed by atoms with Crippen molar-refractivity contribution < 1.29 is 26.1 Å². The molecule has 0 atom stereocenters. The number of carbonyl (C=O) groups excluding carboxylic acids is 1. The van der Waals surface area contributed by atoms with Gasteiger partial charge in [0.1, 0.15) is 5.97 Å². The fourth-order valence-electron chi connectivity index (χ4n) is 0.249. The fraction of sp³-hybridized carbons (Fsp3) is 0.833. The zero-order valence-corrected chi connectivity index (χ0v) is 9.83. The van der Waals surface area contributed by atoms with Crippen molar-refractivity contribution in [3.8, 4) is 0 Å². The average Bonchev–Trinajstić information content (AvgIpc) is 2.00. The van der Waals surface area contributed by atoms with E-state index in [4.69, 9.17) is 9.90 Å². The van der Waals surface area contributed by atoms with E-state index in [0.29, 0.717) is 0 Å². The fourth-order valence-corrected chi connectivity index (χ4v) is 1.67. The molecule has 0 amide bonds. The molecule has 0 aliphatic rings. The van der Waals surface area contributed by atoms with Gasteiger partial charge in [-0.25, -0.2) is 0 Å². The van der Waals surface area contributed by atoms with Crippen molar-refractivity contribution in [1.29, 1.82) is 0 Å². The number of carbonyl (C=O) groups is 1. The Balaban J connectivity index is 0. The van der Waals surface area contributed by atoms with Crippen LogP contribution in [0.2, 0.25) is 4.44 Å². The van der Waals surface area contributed by atoms with Gasteiger partial charge in [0.05, 0.1) is 0 Å². The third-order valence-corrected chi connectivity index (χ3v) is 2.46. The van der Waals surface area contributed by atoms with Crippen molar-refractivity contribution in [1.82, 2.24) is 0 Å². The maximum Gasteiger partial charge on any atom is 0.430 e.